The second-order valence-electron chi connectivity index (χ2n) is 3.22. The van der Waals surface area contributed by atoms with Crippen LogP contribution in [0.4, 0.5) is 11.4 Å². The lowest BCUT2D eigenvalue weighted by Crippen LogP contribution is -2.20. The van der Waals surface area contributed by atoms with Gasteiger partial charge < -0.3 is 10.2 Å². The van der Waals surface area contributed by atoms with E-state index in [9.17, 15) is 4.79 Å². The summed E-state index contributed by atoms with van der Waals surface area (Å²) in [6.45, 7) is 0. The molecule has 0 fully saturated rings. The van der Waals surface area contributed by atoms with Gasteiger partial charge in [0.05, 0.1) is 6.42 Å². The third-order valence-electron chi connectivity index (χ3n) is 2.45. The van der Waals surface area contributed by atoms with Crippen LogP contribution in [0.15, 0.2) is 18.2 Å². The van der Waals surface area contributed by atoms with Gasteiger partial charge in [0.25, 0.3) is 0 Å². The van der Waals surface area contributed by atoms with Crippen molar-refractivity contribution in [3.8, 4) is 0 Å². The second kappa shape index (κ2) is 2.76. The van der Waals surface area contributed by atoms with Gasteiger partial charge in [0.2, 0.25) is 5.91 Å². The quantitative estimate of drug-likeness (QED) is 0.698. The predicted octanol–water partition coefficient (Wildman–Crippen LogP) is 1.25. The first-order chi connectivity index (χ1) is 6.22. The molecule has 0 saturated heterocycles. The molecule has 0 atom stereocenters. The lowest BCUT2D eigenvalue weighted by molar-refractivity contribution is -0.117. The molecule has 1 aliphatic heterocycles. The Balaban J connectivity index is 2.47. The van der Waals surface area contributed by atoms with Crippen LogP contribution in [0.1, 0.15) is 5.56 Å². The molecule has 1 aliphatic rings. The Bertz CT molecular complexity index is 360. The van der Waals surface area contributed by atoms with Gasteiger partial charge in [-0.1, -0.05) is 6.07 Å². The number of fused-ring (bicyclic) bond motifs is 1. The molecule has 3 heteroatoms. The Morgan fingerprint density at radius 2 is 2.23 bits per heavy atom. The Kier molecular flexibility index (Phi) is 1.72. The number of amides is 1. The van der Waals surface area contributed by atoms with E-state index in [0.717, 1.165) is 16.9 Å². The van der Waals surface area contributed by atoms with Crippen molar-refractivity contribution in [2.75, 3.05) is 24.3 Å². The minimum Gasteiger partial charge on any atom is -0.388 e. The van der Waals surface area contributed by atoms with Crippen molar-refractivity contribution in [3.05, 3.63) is 23.8 Å². The summed E-state index contributed by atoms with van der Waals surface area (Å²) in [5.41, 5.74) is 3.18. The number of likely N-dealkylation sites (N-methyl/N-ethyl adjacent to an activating group) is 1. The maximum absolute atomic E-state index is 11.3. The number of carbonyl (C=O) groups excluding carboxylic acids is 1. The predicted molar refractivity (Wildman–Crippen MR) is 53.1 cm³/mol. The molecule has 0 radical (unpaired) electrons. The number of nitrogens with zero attached hydrogens (tertiary/aromatic N) is 1. The maximum atomic E-state index is 11.3. The highest BCUT2D eigenvalue weighted by Gasteiger charge is 2.23. The van der Waals surface area contributed by atoms with Gasteiger partial charge >= 0.3 is 0 Å². The third kappa shape index (κ3) is 1.16. The summed E-state index contributed by atoms with van der Waals surface area (Å²) in [6.07, 6.45) is 0.538. The van der Waals surface area contributed by atoms with E-state index >= 15 is 0 Å². The molecule has 3 nitrogen and oxygen atoms in total. The van der Waals surface area contributed by atoms with E-state index in [4.69, 9.17) is 0 Å². The van der Waals surface area contributed by atoms with E-state index in [0.29, 0.717) is 6.42 Å². The zero-order valence-corrected chi connectivity index (χ0v) is 7.79. The van der Waals surface area contributed by atoms with E-state index in [2.05, 4.69) is 5.32 Å². The van der Waals surface area contributed by atoms with Crippen molar-refractivity contribution in [3.63, 3.8) is 0 Å². The van der Waals surface area contributed by atoms with E-state index in [-0.39, 0.29) is 5.91 Å². The van der Waals surface area contributed by atoms with Crippen LogP contribution in [0.25, 0.3) is 0 Å². The first-order valence-corrected chi connectivity index (χ1v) is 4.29. The Morgan fingerprint density at radius 1 is 1.46 bits per heavy atom. The molecule has 0 bridgehead atoms. The van der Waals surface area contributed by atoms with E-state index in [1.807, 2.05) is 32.3 Å². The van der Waals surface area contributed by atoms with Gasteiger partial charge in [0.15, 0.2) is 0 Å². The molecule has 0 saturated carbocycles. The highest BCUT2D eigenvalue weighted by atomic mass is 16.2. The average Bonchev–Trinajstić information content (AvgIpc) is 2.43. The van der Waals surface area contributed by atoms with Crippen molar-refractivity contribution in [2.45, 2.75) is 6.42 Å². The minimum absolute atomic E-state index is 0.170. The van der Waals surface area contributed by atoms with Crippen LogP contribution in [0, 0.1) is 0 Å². The fraction of sp³-hybridized carbons (Fsp3) is 0.300. The molecule has 1 aromatic carbocycles. The van der Waals surface area contributed by atoms with Gasteiger partial charge in [0, 0.05) is 25.5 Å². The lowest BCUT2D eigenvalue weighted by Gasteiger charge is -2.11. The third-order valence-corrected chi connectivity index (χ3v) is 2.45. The van der Waals surface area contributed by atoms with Crippen molar-refractivity contribution >= 4 is 17.3 Å². The summed E-state index contributed by atoms with van der Waals surface area (Å²) in [6, 6.07) is 5.99. The molecule has 1 N–H and O–H groups in total. The van der Waals surface area contributed by atoms with Crippen LogP contribution >= 0.6 is 0 Å². The molecule has 68 valence electrons. The van der Waals surface area contributed by atoms with Gasteiger partial charge in [-0.05, 0) is 17.7 Å². The maximum Gasteiger partial charge on any atom is 0.231 e. The molecule has 1 heterocycles. The summed E-state index contributed by atoms with van der Waals surface area (Å²) in [4.78, 5) is 13.0. The number of benzene rings is 1. The molecule has 0 aromatic heterocycles. The number of hydrogen-bond donors (Lipinski definition) is 1. The van der Waals surface area contributed by atoms with E-state index < -0.39 is 0 Å². The van der Waals surface area contributed by atoms with Gasteiger partial charge in [-0.2, -0.15) is 0 Å². The van der Waals surface area contributed by atoms with E-state index in [1.165, 1.54) is 0 Å². The summed E-state index contributed by atoms with van der Waals surface area (Å²) in [5.74, 6) is 0.170. The number of hydrogen-bond acceptors (Lipinski definition) is 2. The first-order valence-electron chi connectivity index (χ1n) is 4.29. The second-order valence-corrected chi connectivity index (χ2v) is 3.22. The molecular formula is C10H12N2O. The van der Waals surface area contributed by atoms with Crippen LogP contribution in [-0.2, 0) is 11.2 Å². The Labute approximate surface area is 77.4 Å². The monoisotopic (exact) mass is 176 g/mol. The Morgan fingerprint density at radius 3 is 2.92 bits per heavy atom. The molecule has 13 heavy (non-hydrogen) atoms. The van der Waals surface area contributed by atoms with E-state index in [1.54, 1.807) is 4.90 Å². The lowest BCUT2D eigenvalue weighted by atomic mass is 10.1. The molecule has 0 aliphatic carbocycles. The van der Waals surface area contributed by atoms with Crippen LogP contribution in [0.5, 0.6) is 0 Å². The topological polar surface area (TPSA) is 32.3 Å². The van der Waals surface area contributed by atoms with Crippen LogP contribution in [0.2, 0.25) is 0 Å². The standard InChI is InChI=1S/C10H12N2O/c1-11-8-4-3-7-5-10(13)12(2)9(7)6-8/h3-4,6,11H,5H2,1-2H3. The van der Waals surface area contributed by atoms with Crippen LogP contribution < -0.4 is 10.2 Å². The number of carbonyl (C=O) groups is 1. The Hall–Kier alpha value is -1.51. The van der Waals surface area contributed by atoms with Gasteiger partial charge in [-0.3, -0.25) is 4.79 Å². The molecule has 2 rings (SSSR count). The first kappa shape index (κ1) is 8.10. The largest absolute Gasteiger partial charge is 0.388 e. The number of nitrogens with one attached hydrogen (secondary N) is 1. The van der Waals surface area contributed by atoms with Gasteiger partial charge in [-0.25, -0.2) is 0 Å². The summed E-state index contributed by atoms with van der Waals surface area (Å²) in [7, 11) is 3.69. The molecular weight excluding hydrogens is 164 g/mol. The summed E-state index contributed by atoms with van der Waals surface area (Å²) >= 11 is 0. The SMILES string of the molecule is CNc1ccc2c(c1)N(C)C(=O)C2. The van der Waals surface area contributed by atoms with Crippen LogP contribution in [0.3, 0.4) is 0 Å². The molecule has 0 unspecified atom stereocenters. The zero-order valence-electron chi connectivity index (χ0n) is 7.79. The van der Waals surface area contributed by atoms with Crippen LogP contribution in [-0.4, -0.2) is 20.0 Å². The van der Waals surface area contributed by atoms with Gasteiger partial charge in [0.1, 0.15) is 0 Å². The van der Waals surface area contributed by atoms with Crippen molar-refractivity contribution in [1.29, 1.82) is 0 Å². The normalized spacial score (nSPS) is 14.6. The van der Waals surface area contributed by atoms with Crippen molar-refractivity contribution in [2.24, 2.45) is 0 Å². The molecule has 1 amide bonds. The fourth-order valence-electron chi connectivity index (χ4n) is 1.60. The molecule has 0 spiro atoms. The van der Waals surface area contributed by atoms with Gasteiger partial charge in [-0.15, -0.1) is 0 Å². The average molecular weight is 176 g/mol. The van der Waals surface area contributed by atoms with Crippen molar-refractivity contribution in [1.82, 2.24) is 0 Å². The summed E-state index contributed by atoms with van der Waals surface area (Å²) in [5, 5.41) is 3.05. The minimum atomic E-state index is 0.170. The zero-order chi connectivity index (χ0) is 9.42. The summed E-state index contributed by atoms with van der Waals surface area (Å²) < 4.78 is 0. The van der Waals surface area contributed by atoms with Crippen molar-refractivity contribution < 1.29 is 4.79 Å². The molecule has 1 aromatic rings. The fourth-order valence-corrected chi connectivity index (χ4v) is 1.60. The number of anilines is 2. The highest BCUT2D eigenvalue weighted by molar-refractivity contribution is 6.01. The number of rotatable bonds is 1. The highest BCUT2D eigenvalue weighted by Crippen LogP contribution is 2.29. The smallest absolute Gasteiger partial charge is 0.231 e.